The first-order valence-electron chi connectivity index (χ1n) is 10.2. The first-order chi connectivity index (χ1) is 11.9. The Hall–Kier alpha value is -0.780. The van der Waals surface area contributed by atoms with Gasteiger partial charge in [-0.05, 0) is 56.3 Å². The normalized spacial score (nSPS) is 36.5. The largest absolute Gasteiger partial charge is 0.354 e. The molecule has 3 aliphatic rings. The van der Waals surface area contributed by atoms with Crippen LogP contribution in [0.25, 0.3) is 0 Å². The molecule has 3 rings (SSSR count). The molecule has 3 atom stereocenters. The van der Waals surface area contributed by atoms with Crippen LogP contribution in [0.5, 0.6) is 0 Å². The fourth-order valence-electron chi connectivity index (χ4n) is 4.89. The van der Waals surface area contributed by atoms with Gasteiger partial charge in [-0.3, -0.25) is 4.99 Å². The molecule has 6 heteroatoms. The summed E-state index contributed by atoms with van der Waals surface area (Å²) in [6.07, 6.45) is 9.51. The van der Waals surface area contributed by atoms with Gasteiger partial charge in [0.15, 0.2) is 15.8 Å². The van der Waals surface area contributed by atoms with Gasteiger partial charge in [0.05, 0.1) is 11.5 Å². The van der Waals surface area contributed by atoms with Gasteiger partial charge in [0.25, 0.3) is 0 Å². The van der Waals surface area contributed by atoms with Crippen LogP contribution in [0.15, 0.2) is 4.99 Å². The SMILES string of the molecule is CC1CC(C)CC(NC(=NCC2CCS(=O)(=O)C2)NC2CCCC2)C1. The molecule has 0 radical (unpaired) electrons. The average molecular weight is 370 g/mol. The van der Waals surface area contributed by atoms with Crippen LogP contribution in [0, 0.1) is 17.8 Å². The highest BCUT2D eigenvalue weighted by atomic mass is 32.2. The Kier molecular flexibility index (Phi) is 6.29. The van der Waals surface area contributed by atoms with Crippen molar-refractivity contribution in [3.8, 4) is 0 Å². The van der Waals surface area contributed by atoms with Crippen LogP contribution in [0.1, 0.15) is 65.2 Å². The predicted octanol–water partition coefficient (Wildman–Crippen LogP) is 2.72. The highest BCUT2D eigenvalue weighted by molar-refractivity contribution is 7.91. The summed E-state index contributed by atoms with van der Waals surface area (Å²) in [5.74, 6) is 3.27. The van der Waals surface area contributed by atoms with E-state index in [-0.39, 0.29) is 5.92 Å². The van der Waals surface area contributed by atoms with Gasteiger partial charge < -0.3 is 10.6 Å². The number of guanidine groups is 1. The molecule has 2 N–H and O–H groups in total. The van der Waals surface area contributed by atoms with Crippen LogP contribution in [0.2, 0.25) is 0 Å². The summed E-state index contributed by atoms with van der Waals surface area (Å²) >= 11 is 0. The highest BCUT2D eigenvalue weighted by Crippen LogP contribution is 2.28. The van der Waals surface area contributed by atoms with E-state index in [1.165, 1.54) is 44.9 Å². The van der Waals surface area contributed by atoms with Gasteiger partial charge in [0.2, 0.25) is 0 Å². The lowest BCUT2D eigenvalue weighted by atomic mass is 9.80. The van der Waals surface area contributed by atoms with Gasteiger partial charge in [0, 0.05) is 18.6 Å². The number of hydrogen-bond acceptors (Lipinski definition) is 3. The van der Waals surface area contributed by atoms with E-state index < -0.39 is 9.84 Å². The zero-order chi connectivity index (χ0) is 17.9. The second-order valence-corrected chi connectivity index (χ2v) is 11.1. The van der Waals surface area contributed by atoms with E-state index in [2.05, 4.69) is 24.5 Å². The van der Waals surface area contributed by atoms with Crippen molar-refractivity contribution in [2.45, 2.75) is 77.3 Å². The Balaban J connectivity index is 1.60. The third-order valence-electron chi connectivity index (χ3n) is 6.05. The summed E-state index contributed by atoms with van der Waals surface area (Å²) in [6, 6.07) is 1.01. The van der Waals surface area contributed by atoms with E-state index in [1.54, 1.807) is 0 Å². The predicted molar refractivity (Wildman–Crippen MR) is 104 cm³/mol. The van der Waals surface area contributed by atoms with Crippen LogP contribution in [0.4, 0.5) is 0 Å². The maximum absolute atomic E-state index is 11.7. The molecule has 0 bridgehead atoms. The van der Waals surface area contributed by atoms with Gasteiger partial charge in [-0.1, -0.05) is 26.7 Å². The maximum Gasteiger partial charge on any atom is 0.191 e. The molecule has 1 aliphatic heterocycles. The van der Waals surface area contributed by atoms with Crippen molar-refractivity contribution in [3.63, 3.8) is 0 Å². The lowest BCUT2D eigenvalue weighted by molar-refractivity contribution is 0.254. The molecule has 3 fully saturated rings. The third kappa shape index (κ3) is 5.87. The Labute approximate surface area is 153 Å². The minimum atomic E-state index is -2.82. The summed E-state index contributed by atoms with van der Waals surface area (Å²) in [5.41, 5.74) is 0. The molecule has 2 aliphatic carbocycles. The van der Waals surface area contributed by atoms with Crippen molar-refractivity contribution in [1.29, 1.82) is 0 Å². The molecule has 0 aromatic carbocycles. The molecule has 0 amide bonds. The van der Waals surface area contributed by atoms with E-state index in [0.29, 0.717) is 30.1 Å². The number of sulfone groups is 1. The molecule has 0 aromatic rings. The van der Waals surface area contributed by atoms with Gasteiger partial charge >= 0.3 is 0 Å². The summed E-state index contributed by atoms with van der Waals surface area (Å²) in [4.78, 5) is 4.81. The van der Waals surface area contributed by atoms with Gasteiger partial charge in [-0.2, -0.15) is 0 Å². The Morgan fingerprint density at radius 1 is 0.960 bits per heavy atom. The van der Waals surface area contributed by atoms with Crippen molar-refractivity contribution >= 4 is 15.8 Å². The standard InChI is InChI=1S/C19H35N3O2S/c1-14-9-15(2)11-18(10-14)22-19(21-17-5-3-4-6-17)20-12-16-7-8-25(23,24)13-16/h14-18H,3-13H2,1-2H3,(H2,20,21,22). The number of aliphatic imine (C=N–C) groups is 1. The monoisotopic (exact) mass is 369 g/mol. The minimum Gasteiger partial charge on any atom is -0.354 e. The van der Waals surface area contributed by atoms with Crippen LogP contribution >= 0.6 is 0 Å². The molecule has 144 valence electrons. The molecular weight excluding hydrogens is 334 g/mol. The van der Waals surface area contributed by atoms with E-state index >= 15 is 0 Å². The second-order valence-electron chi connectivity index (χ2n) is 8.84. The maximum atomic E-state index is 11.7. The minimum absolute atomic E-state index is 0.191. The molecule has 1 heterocycles. The lowest BCUT2D eigenvalue weighted by Crippen LogP contribution is -2.49. The van der Waals surface area contributed by atoms with Crippen LogP contribution < -0.4 is 10.6 Å². The first-order valence-corrected chi connectivity index (χ1v) is 12.0. The Bertz CT molecular complexity index is 559. The molecule has 1 saturated heterocycles. The summed E-state index contributed by atoms with van der Waals surface area (Å²) in [7, 11) is -2.82. The van der Waals surface area contributed by atoms with E-state index in [9.17, 15) is 8.42 Å². The number of nitrogens with one attached hydrogen (secondary N) is 2. The molecule has 0 spiro atoms. The zero-order valence-electron chi connectivity index (χ0n) is 15.8. The average Bonchev–Trinajstić information content (AvgIpc) is 3.13. The Morgan fingerprint density at radius 2 is 1.60 bits per heavy atom. The lowest BCUT2D eigenvalue weighted by Gasteiger charge is -2.33. The number of rotatable bonds is 4. The summed E-state index contributed by atoms with van der Waals surface area (Å²) < 4.78 is 23.3. The van der Waals surface area contributed by atoms with Crippen molar-refractivity contribution in [2.75, 3.05) is 18.1 Å². The number of nitrogens with zero attached hydrogens (tertiary/aromatic N) is 1. The summed E-state index contributed by atoms with van der Waals surface area (Å²) in [6.45, 7) is 5.31. The van der Waals surface area contributed by atoms with E-state index in [1.807, 2.05) is 0 Å². The third-order valence-corrected chi connectivity index (χ3v) is 7.89. The van der Waals surface area contributed by atoms with Gasteiger partial charge in [-0.25, -0.2) is 8.42 Å². The van der Waals surface area contributed by atoms with Crippen LogP contribution in [-0.4, -0.2) is 44.5 Å². The topological polar surface area (TPSA) is 70.6 Å². The highest BCUT2D eigenvalue weighted by Gasteiger charge is 2.29. The van der Waals surface area contributed by atoms with Crippen LogP contribution in [0.3, 0.4) is 0 Å². The van der Waals surface area contributed by atoms with Gasteiger partial charge in [0.1, 0.15) is 0 Å². The van der Waals surface area contributed by atoms with E-state index in [4.69, 9.17) is 4.99 Å². The first kappa shape index (κ1) is 19.0. The van der Waals surface area contributed by atoms with E-state index in [0.717, 1.165) is 24.2 Å². The summed E-state index contributed by atoms with van der Waals surface area (Å²) in [5, 5.41) is 7.30. The second kappa shape index (κ2) is 8.28. The molecule has 3 unspecified atom stereocenters. The van der Waals surface area contributed by atoms with Gasteiger partial charge in [-0.15, -0.1) is 0 Å². The zero-order valence-corrected chi connectivity index (χ0v) is 16.7. The van der Waals surface area contributed by atoms with Crippen molar-refractivity contribution in [1.82, 2.24) is 10.6 Å². The molecule has 5 nitrogen and oxygen atoms in total. The van der Waals surface area contributed by atoms with Crippen LogP contribution in [-0.2, 0) is 9.84 Å². The smallest absolute Gasteiger partial charge is 0.191 e. The number of hydrogen-bond donors (Lipinski definition) is 2. The van der Waals surface area contributed by atoms with Crippen molar-refractivity contribution in [3.05, 3.63) is 0 Å². The fraction of sp³-hybridized carbons (Fsp3) is 0.947. The molecule has 25 heavy (non-hydrogen) atoms. The molecular formula is C19H35N3O2S. The fourth-order valence-corrected chi connectivity index (χ4v) is 6.74. The quantitative estimate of drug-likeness (QED) is 0.590. The van der Waals surface area contributed by atoms with Crippen molar-refractivity contribution in [2.24, 2.45) is 22.7 Å². The van der Waals surface area contributed by atoms with Crippen molar-refractivity contribution < 1.29 is 8.42 Å². The Morgan fingerprint density at radius 3 is 2.20 bits per heavy atom. The molecule has 0 aromatic heterocycles. The molecule has 2 saturated carbocycles.